The predicted octanol–water partition coefficient (Wildman–Crippen LogP) is 2.30. The van der Waals surface area contributed by atoms with Crippen molar-refractivity contribution >= 4 is 29.1 Å². The Balaban J connectivity index is 1.80. The van der Waals surface area contributed by atoms with E-state index in [0.717, 1.165) is 5.52 Å². The van der Waals surface area contributed by atoms with Crippen molar-refractivity contribution in [3.63, 3.8) is 0 Å². The maximum absolute atomic E-state index is 11.6. The third-order valence-corrected chi connectivity index (χ3v) is 2.68. The largest absolute Gasteiger partial charge is 0.463 e. The minimum absolute atomic E-state index is 0.140. The van der Waals surface area contributed by atoms with Crippen LogP contribution in [-0.4, -0.2) is 29.5 Å². The van der Waals surface area contributed by atoms with Crippen molar-refractivity contribution < 1.29 is 18.7 Å². The van der Waals surface area contributed by atoms with Gasteiger partial charge >= 0.3 is 5.97 Å². The summed E-state index contributed by atoms with van der Waals surface area (Å²) < 4.78 is 10.4. The fourth-order valence-electron chi connectivity index (χ4n) is 1.78. The van der Waals surface area contributed by atoms with Crippen molar-refractivity contribution in [2.45, 2.75) is 26.4 Å². The number of hydrogen-bond donors (Lipinski definition) is 1. The Morgan fingerprint density at radius 3 is 2.86 bits per heavy atom. The van der Waals surface area contributed by atoms with Gasteiger partial charge in [-0.05, 0) is 26.0 Å². The molecule has 1 amide bonds. The lowest BCUT2D eigenvalue weighted by atomic mass is 10.3. The number of fused-ring (bicyclic) bond motifs is 1. The molecule has 2 aromatic rings. The molecule has 1 N–H and O–H groups in total. The monoisotopic (exact) mass is 302 g/mol. The van der Waals surface area contributed by atoms with Gasteiger partial charge in [-0.3, -0.25) is 9.59 Å². The molecule has 1 heterocycles. The van der Waals surface area contributed by atoms with E-state index in [1.807, 2.05) is 18.2 Å². The summed E-state index contributed by atoms with van der Waals surface area (Å²) >= 11 is 0. The number of aromatic nitrogens is 1. The fourth-order valence-corrected chi connectivity index (χ4v) is 1.78. The van der Waals surface area contributed by atoms with Crippen LogP contribution in [0.2, 0.25) is 0 Å². The number of oxazole rings is 1. The second-order valence-corrected chi connectivity index (χ2v) is 4.93. The maximum atomic E-state index is 11.6. The smallest absolute Gasteiger partial charge is 0.307 e. The molecule has 0 aliphatic carbocycles. The highest BCUT2D eigenvalue weighted by molar-refractivity contribution is 5.91. The first kappa shape index (κ1) is 15.8. The Morgan fingerprint density at radius 2 is 2.14 bits per heavy atom. The summed E-state index contributed by atoms with van der Waals surface area (Å²) in [6, 6.07) is 7.35. The lowest BCUT2D eigenvalue weighted by molar-refractivity contribution is -0.147. The van der Waals surface area contributed by atoms with Crippen LogP contribution in [0.25, 0.3) is 17.2 Å². The molecule has 0 unspecified atom stereocenters. The van der Waals surface area contributed by atoms with Crippen LogP contribution in [0.15, 0.2) is 34.8 Å². The zero-order chi connectivity index (χ0) is 15.9. The standard InChI is InChI=1S/C16H18N2O4/c1-11(2)21-16(20)9-10-17-14(19)7-8-15-18-12-5-3-4-6-13(12)22-15/h3-8,11H,9-10H2,1-2H3,(H,17,19)/b8-7+. The first-order valence-corrected chi connectivity index (χ1v) is 7.05. The average Bonchev–Trinajstić information content (AvgIpc) is 2.87. The van der Waals surface area contributed by atoms with Crippen LogP contribution in [0.3, 0.4) is 0 Å². The summed E-state index contributed by atoms with van der Waals surface area (Å²) in [6.07, 6.45) is 2.79. The zero-order valence-corrected chi connectivity index (χ0v) is 12.5. The molecule has 0 spiro atoms. The van der Waals surface area contributed by atoms with Crippen molar-refractivity contribution in [2.75, 3.05) is 6.54 Å². The number of carbonyl (C=O) groups is 2. The van der Waals surface area contributed by atoms with E-state index in [2.05, 4.69) is 10.3 Å². The molecule has 0 saturated heterocycles. The van der Waals surface area contributed by atoms with E-state index in [1.165, 1.54) is 12.2 Å². The summed E-state index contributed by atoms with van der Waals surface area (Å²) in [5.41, 5.74) is 1.40. The third kappa shape index (κ3) is 4.73. The molecule has 2 rings (SSSR count). The third-order valence-electron chi connectivity index (χ3n) is 2.68. The zero-order valence-electron chi connectivity index (χ0n) is 12.5. The molecular formula is C16H18N2O4. The molecule has 6 nitrogen and oxygen atoms in total. The maximum Gasteiger partial charge on any atom is 0.307 e. The molecule has 0 aliphatic heterocycles. The van der Waals surface area contributed by atoms with Gasteiger partial charge in [-0.15, -0.1) is 0 Å². The Bertz CT molecular complexity index is 655. The van der Waals surface area contributed by atoms with E-state index in [4.69, 9.17) is 9.15 Å². The number of esters is 1. The van der Waals surface area contributed by atoms with Crippen LogP contribution in [0.1, 0.15) is 26.2 Å². The summed E-state index contributed by atoms with van der Waals surface area (Å²) in [7, 11) is 0. The lowest BCUT2D eigenvalue weighted by Gasteiger charge is -2.07. The van der Waals surface area contributed by atoms with Crippen molar-refractivity contribution in [2.24, 2.45) is 0 Å². The number of amides is 1. The van der Waals surface area contributed by atoms with Gasteiger partial charge < -0.3 is 14.5 Å². The number of para-hydroxylation sites is 2. The van der Waals surface area contributed by atoms with Crippen LogP contribution in [0.5, 0.6) is 0 Å². The molecule has 6 heteroatoms. The minimum Gasteiger partial charge on any atom is -0.463 e. The Hall–Kier alpha value is -2.63. The highest BCUT2D eigenvalue weighted by atomic mass is 16.5. The van der Waals surface area contributed by atoms with Crippen LogP contribution < -0.4 is 5.32 Å². The molecule has 1 aromatic heterocycles. The molecule has 0 saturated carbocycles. The SMILES string of the molecule is CC(C)OC(=O)CCNC(=O)/C=C/c1nc2ccccc2o1. The summed E-state index contributed by atoms with van der Waals surface area (Å²) in [5.74, 6) is -0.298. The predicted molar refractivity (Wildman–Crippen MR) is 81.9 cm³/mol. The number of nitrogens with one attached hydrogen (secondary N) is 1. The van der Waals surface area contributed by atoms with Gasteiger partial charge in [0.1, 0.15) is 5.52 Å². The number of ether oxygens (including phenoxy) is 1. The molecular weight excluding hydrogens is 284 g/mol. The van der Waals surface area contributed by atoms with Crippen molar-refractivity contribution in [3.8, 4) is 0 Å². The highest BCUT2D eigenvalue weighted by Crippen LogP contribution is 2.15. The first-order valence-electron chi connectivity index (χ1n) is 7.05. The van der Waals surface area contributed by atoms with Gasteiger partial charge in [-0.2, -0.15) is 0 Å². The van der Waals surface area contributed by atoms with Gasteiger partial charge in [0.25, 0.3) is 0 Å². The van der Waals surface area contributed by atoms with Crippen LogP contribution in [0, 0.1) is 0 Å². The van der Waals surface area contributed by atoms with Gasteiger partial charge in [0.15, 0.2) is 5.58 Å². The second kappa shape index (κ2) is 7.40. The number of benzene rings is 1. The van der Waals surface area contributed by atoms with Crippen molar-refractivity contribution in [1.29, 1.82) is 0 Å². The van der Waals surface area contributed by atoms with Gasteiger partial charge in [-0.1, -0.05) is 12.1 Å². The van der Waals surface area contributed by atoms with Crippen LogP contribution in [-0.2, 0) is 14.3 Å². The number of hydrogen-bond acceptors (Lipinski definition) is 5. The van der Waals surface area contributed by atoms with Crippen molar-refractivity contribution in [1.82, 2.24) is 10.3 Å². The number of rotatable bonds is 6. The summed E-state index contributed by atoms with van der Waals surface area (Å²) in [4.78, 5) is 27.1. The molecule has 1 aromatic carbocycles. The Labute approximate surface area is 128 Å². The molecule has 0 aliphatic rings. The van der Waals surface area contributed by atoms with Crippen LogP contribution >= 0.6 is 0 Å². The molecule has 0 radical (unpaired) electrons. The molecule has 22 heavy (non-hydrogen) atoms. The summed E-state index contributed by atoms with van der Waals surface area (Å²) in [5, 5.41) is 2.59. The molecule has 0 fully saturated rings. The Morgan fingerprint density at radius 1 is 1.36 bits per heavy atom. The molecule has 0 atom stereocenters. The van der Waals surface area contributed by atoms with Gasteiger partial charge in [0.05, 0.1) is 12.5 Å². The fraction of sp³-hybridized carbons (Fsp3) is 0.312. The number of nitrogens with zero attached hydrogens (tertiary/aromatic N) is 1. The van der Waals surface area contributed by atoms with E-state index in [1.54, 1.807) is 19.9 Å². The van der Waals surface area contributed by atoms with Gasteiger partial charge in [0.2, 0.25) is 11.8 Å². The number of carbonyl (C=O) groups excluding carboxylic acids is 2. The second-order valence-electron chi connectivity index (χ2n) is 4.93. The summed E-state index contributed by atoms with van der Waals surface area (Å²) in [6.45, 7) is 3.78. The first-order chi connectivity index (χ1) is 10.5. The van der Waals surface area contributed by atoms with E-state index in [0.29, 0.717) is 11.5 Å². The highest BCUT2D eigenvalue weighted by Gasteiger charge is 2.06. The van der Waals surface area contributed by atoms with Crippen LogP contribution in [0.4, 0.5) is 0 Å². The average molecular weight is 302 g/mol. The lowest BCUT2D eigenvalue weighted by Crippen LogP contribution is -2.25. The van der Waals surface area contributed by atoms with Crippen molar-refractivity contribution in [3.05, 3.63) is 36.2 Å². The quantitative estimate of drug-likeness (QED) is 0.654. The van der Waals surface area contributed by atoms with E-state index < -0.39 is 0 Å². The Kier molecular flexibility index (Phi) is 5.30. The molecule has 116 valence electrons. The normalized spacial score (nSPS) is 11.2. The van der Waals surface area contributed by atoms with Gasteiger partial charge in [0, 0.05) is 18.7 Å². The topological polar surface area (TPSA) is 81.4 Å². The minimum atomic E-state index is -0.335. The van der Waals surface area contributed by atoms with E-state index in [9.17, 15) is 9.59 Å². The van der Waals surface area contributed by atoms with Gasteiger partial charge in [-0.25, -0.2) is 4.98 Å². The van der Waals surface area contributed by atoms with E-state index >= 15 is 0 Å². The molecule has 0 bridgehead atoms. The van der Waals surface area contributed by atoms with E-state index in [-0.39, 0.29) is 30.9 Å².